The Morgan fingerprint density at radius 3 is 2.46 bits per heavy atom. The van der Waals surface area contributed by atoms with Gasteiger partial charge in [-0.2, -0.15) is 0 Å². The van der Waals surface area contributed by atoms with Gasteiger partial charge in [0.15, 0.2) is 17.4 Å². The summed E-state index contributed by atoms with van der Waals surface area (Å²) >= 11 is 0. The first-order chi connectivity index (χ1) is 12.0. The van der Waals surface area contributed by atoms with Crippen LogP contribution in [0.25, 0.3) is 11.3 Å². The van der Waals surface area contributed by atoms with Crippen molar-refractivity contribution in [2.45, 2.75) is 11.5 Å². The molecule has 0 radical (unpaired) electrons. The monoisotopic (exact) mass is 374 g/mol. The number of aliphatic hydroxyl groups is 1. The number of amides is 1. The van der Waals surface area contributed by atoms with Crippen molar-refractivity contribution in [3.8, 4) is 11.3 Å². The lowest BCUT2D eigenvalue weighted by atomic mass is 9.78. The molecule has 1 atom stereocenters. The Bertz CT molecular complexity index is 890. The van der Waals surface area contributed by atoms with Crippen molar-refractivity contribution in [3.05, 3.63) is 35.6 Å². The van der Waals surface area contributed by atoms with Gasteiger partial charge in [0.2, 0.25) is 0 Å². The molecule has 26 heavy (non-hydrogen) atoms. The third-order valence-electron chi connectivity index (χ3n) is 4.12. The summed E-state index contributed by atoms with van der Waals surface area (Å²) < 4.78 is 60.0. The number of aromatic nitrogens is 1. The van der Waals surface area contributed by atoms with Gasteiger partial charge in [-0.25, -0.2) is 17.6 Å². The van der Waals surface area contributed by atoms with Crippen LogP contribution in [0.3, 0.4) is 0 Å². The highest BCUT2D eigenvalue weighted by atomic mass is 19.3. The van der Waals surface area contributed by atoms with Crippen molar-refractivity contribution in [3.63, 3.8) is 0 Å². The van der Waals surface area contributed by atoms with Crippen LogP contribution in [0.5, 0.6) is 0 Å². The first kappa shape index (κ1) is 18.4. The number of alkyl halides is 2. The average molecular weight is 374 g/mol. The van der Waals surface area contributed by atoms with Gasteiger partial charge in [0.1, 0.15) is 5.69 Å². The number of rotatable bonds is 3. The standard InChI is InChI=1S/C14H11BF4N2O5/c1-21-5-13(18,19)14(23,12(21)22)10-4-9(20-26-10)6-2-7(15(24)25)11(17)8(16)3-6/h2-4,23-25H,5H2,1H3. The quantitative estimate of drug-likeness (QED) is 0.499. The van der Waals surface area contributed by atoms with Crippen molar-refractivity contribution in [2.75, 3.05) is 13.6 Å². The molecule has 1 fully saturated rings. The summed E-state index contributed by atoms with van der Waals surface area (Å²) in [7, 11) is -1.27. The predicted molar refractivity (Wildman–Crippen MR) is 78.2 cm³/mol. The van der Waals surface area contributed by atoms with E-state index in [1.165, 1.54) is 0 Å². The van der Waals surface area contributed by atoms with Crippen molar-refractivity contribution in [1.29, 1.82) is 0 Å². The molecule has 0 spiro atoms. The van der Waals surface area contributed by atoms with Gasteiger partial charge in [0.05, 0.1) is 6.54 Å². The number of carbonyl (C=O) groups is 1. The number of hydrogen-bond acceptors (Lipinski definition) is 6. The predicted octanol–water partition coefficient (Wildman–Crippen LogP) is -0.405. The first-order valence-corrected chi connectivity index (χ1v) is 7.17. The smallest absolute Gasteiger partial charge is 0.423 e. The van der Waals surface area contributed by atoms with Crippen LogP contribution in [0.4, 0.5) is 17.6 Å². The van der Waals surface area contributed by atoms with Gasteiger partial charge in [-0.3, -0.25) is 4.79 Å². The van der Waals surface area contributed by atoms with E-state index in [1.807, 2.05) is 0 Å². The molecule has 1 aliphatic rings. The minimum atomic E-state index is -3.88. The maximum absolute atomic E-state index is 14.1. The topological polar surface area (TPSA) is 107 Å². The van der Waals surface area contributed by atoms with Crippen LogP contribution < -0.4 is 5.46 Å². The SMILES string of the molecule is CN1CC(F)(F)C(O)(c2cc(-c3cc(F)c(F)c(B(O)O)c3)no2)C1=O. The zero-order valence-corrected chi connectivity index (χ0v) is 13.1. The molecule has 0 aliphatic carbocycles. The summed E-state index contributed by atoms with van der Waals surface area (Å²) in [5, 5.41) is 31.8. The zero-order valence-electron chi connectivity index (χ0n) is 13.1. The Hall–Kier alpha value is -2.44. The molecule has 3 rings (SSSR count). The van der Waals surface area contributed by atoms with E-state index in [2.05, 4.69) is 9.68 Å². The first-order valence-electron chi connectivity index (χ1n) is 7.17. The number of hydrogen-bond donors (Lipinski definition) is 3. The van der Waals surface area contributed by atoms with Gasteiger partial charge in [0, 0.05) is 24.1 Å². The Labute approximate surface area is 143 Å². The molecule has 12 heteroatoms. The number of carbonyl (C=O) groups excluding carboxylic acids is 1. The van der Waals surface area contributed by atoms with E-state index in [9.17, 15) is 27.5 Å². The van der Waals surface area contributed by atoms with Gasteiger partial charge in [-0.1, -0.05) is 5.16 Å². The van der Waals surface area contributed by atoms with Crippen LogP contribution >= 0.6 is 0 Å². The Balaban J connectivity index is 2.08. The van der Waals surface area contributed by atoms with Crippen LogP contribution in [0.1, 0.15) is 5.76 Å². The second kappa shape index (κ2) is 5.79. The molecule has 1 saturated heterocycles. The van der Waals surface area contributed by atoms with E-state index < -0.39 is 54.0 Å². The van der Waals surface area contributed by atoms with Crippen LogP contribution in [0.15, 0.2) is 22.7 Å². The Morgan fingerprint density at radius 2 is 1.92 bits per heavy atom. The molecule has 1 aromatic heterocycles. The molecule has 1 aromatic carbocycles. The van der Waals surface area contributed by atoms with Gasteiger partial charge >= 0.3 is 13.0 Å². The maximum atomic E-state index is 14.1. The molecular formula is C14H11BF4N2O5. The molecule has 1 unspecified atom stereocenters. The van der Waals surface area contributed by atoms with E-state index >= 15 is 0 Å². The molecule has 0 saturated carbocycles. The van der Waals surface area contributed by atoms with Crippen molar-refractivity contribution in [1.82, 2.24) is 10.1 Å². The molecule has 3 N–H and O–H groups in total. The van der Waals surface area contributed by atoms with E-state index in [1.54, 1.807) is 0 Å². The second-order valence-electron chi connectivity index (χ2n) is 5.89. The zero-order chi connectivity index (χ0) is 19.4. The van der Waals surface area contributed by atoms with E-state index in [0.717, 1.165) is 19.2 Å². The third-order valence-corrected chi connectivity index (χ3v) is 4.12. The fraction of sp³-hybridized carbons (Fsp3) is 0.286. The van der Waals surface area contributed by atoms with E-state index in [-0.39, 0.29) is 11.3 Å². The Kier molecular flexibility index (Phi) is 4.09. The van der Waals surface area contributed by atoms with Gasteiger partial charge < -0.3 is 24.6 Å². The van der Waals surface area contributed by atoms with Crippen molar-refractivity contribution >= 4 is 18.5 Å². The summed E-state index contributed by atoms with van der Waals surface area (Å²) in [5.41, 5.74) is -4.68. The highest BCUT2D eigenvalue weighted by Gasteiger charge is 2.68. The second-order valence-corrected chi connectivity index (χ2v) is 5.89. The van der Waals surface area contributed by atoms with Crippen LogP contribution in [-0.4, -0.2) is 57.8 Å². The molecule has 1 aliphatic heterocycles. The molecule has 1 amide bonds. The Morgan fingerprint density at radius 1 is 1.27 bits per heavy atom. The molecule has 2 aromatic rings. The van der Waals surface area contributed by atoms with Crippen LogP contribution in [0, 0.1) is 11.6 Å². The molecule has 2 heterocycles. The lowest BCUT2D eigenvalue weighted by molar-refractivity contribution is -0.179. The molecule has 7 nitrogen and oxygen atoms in total. The lowest BCUT2D eigenvalue weighted by Crippen LogP contribution is -2.46. The molecule has 138 valence electrons. The lowest BCUT2D eigenvalue weighted by Gasteiger charge is -2.22. The fourth-order valence-electron chi connectivity index (χ4n) is 2.73. The number of benzene rings is 1. The summed E-state index contributed by atoms with van der Waals surface area (Å²) in [6.07, 6.45) is 0. The minimum Gasteiger partial charge on any atom is -0.423 e. The van der Waals surface area contributed by atoms with Crippen LogP contribution in [-0.2, 0) is 10.4 Å². The highest BCUT2D eigenvalue weighted by molar-refractivity contribution is 6.58. The van der Waals surface area contributed by atoms with Gasteiger partial charge in [-0.05, 0) is 12.1 Å². The number of likely N-dealkylation sites (N-methyl/N-ethyl adjacent to an activating group) is 1. The average Bonchev–Trinajstić information content (AvgIpc) is 3.09. The van der Waals surface area contributed by atoms with E-state index in [4.69, 9.17) is 10.0 Å². The largest absolute Gasteiger partial charge is 0.491 e. The summed E-state index contributed by atoms with van der Waals surface area (Å²) in [6.45, 7) is -1.05. The molecular weight excluding hydrogens is 363 g/mol. The number of nitrogens with zero attached hydrogens (tertiary/aromatic N) is 2. The number of likely N-dealkylation sites (tertiary alicyclic amines) is 1. The fourth-order valence-corrected chi connectivity index (χ4v) is 2.73. The normalized spacial score (nSPS) is 22.2. The molecule has 0 bridgehead atoms. The number of halogens is 4. The summed E-state index contributed by atoms with van der Waals surface area (Å²) in [6, 6.07) is 2.20. The summed E-state index contributed by atoms with van der Waals surface area (Å²) in [5.74, 6) is -9.04. The third kappa shape index (κ3) is 2.49. The van der Waals surface area contributed by atoms with Gasteiger partial charge in [-0.15, -0.1) is 0 Å². The summed E-state index contributed by atoms with van der Waals surface area (Å²) in [4.78, 5) is 12.6. The van der Waals surface area contributed by atoms with Crippen LogP contribution in [0.2, 0.25) is 0 Å². The van der Waals surface area contributed by atoms with Gasteiger partial charge in [0.25, 0.3) is 11.5 Å². The maximum Gasteiger partial charge on any atom is 0.491 e. The van der Waals surface area contributed by atoms with E-state index in [0.29, 0.717) is 11.0 Å². The minimum absolute atomic E-state index is 0.243. The highest BCUT2D eigenvalue weighted by Crippen LogP contribution is 2.45. The van der Waals surface area contributed by atoms with Crippen molar-refractivity contribution < 1.29 is 42.0 Å². The van der Waals surface area contributed by atoms with Crippen molar-refractivity contribution in [2.24, 2.45) is 0 Å².